The van der Waals surface area contributed by atoms with Crippen molar-refractivity contribution in [3.05, 3.63) is 20.3 Å². The largest absolute Gasteiger partial charge is 0.358 e. The van der Waals surface area contributed by atoms with Gasteiger partial charge in [0.2, 0.25) is 5.91 Å². The highest BCUT2D eigenvalue weighted by molar-refractivity contribution is 14.1. The Morgan fingerprint density at radius 2 is 2.12 bits per heavy atom. The molecule has 0 aliphatic rings. The Hall–Kier alpha value is -1.12. The second-order valence-corrected chi connectivity index (χ2v) is 5.00. The number of nitrogens with zero attached hydrogens (tertiary/aromatic N) is 1. The molecule has 1 aromatic heterocycles. The van der Waals surface area contributed by atoms with Crippen LogP contribution >= 0.6 is 22.6 Å². The number of carbonyl (C=O) groups is 1. The van der Waals surface area contributed by atoms with Crippen LogP contribution in [0.5, 0.6) is 0 Å². The minimum absolute atomic E-state index is 0.0814. The van der Waals surface area contributed by atoms with Crippen molar-refractivity contribution in [1.29, 1.82) is 0 Å². The summed E-state index contributed by atoms with van der Waals surface area (Å²) in [7, 11) is 0. The third-order valence-corrected chi connectivity index (χ3v) is 2.97. The molecule has 1 rings (SSSR count). The number of carbonyl (C=O) groups excluding carboxylic acids is 1. The number of H-pyrrole nitrogens is 1. The van der Waals surface area contributed by atoms with Gasteiger partial charge in [-0.25, -0.2) is 4.98 Å². The number of amides is 1. The molecule has 0 saturated heterocycles. The van der Waals surface area contributed by atoms with E-state index in [0.29, 0.717) is 9.39 Å². The summed E-state index contributed by atoms with van der Waals surface area (Å²) in [6.45, 7) is 5.50. The minimum Gasteiger partial charge on any atom is -0.358 e. The highest BCUT2D eigenvalue weighted by atomic mass is 127. The molecule has 1 aromatic rings. The average Bonchev–Trinajstić information content (AvgIpc) is 2.23. The van der Waals surface area contributed by atoms with Crippen LogP contribution in [-0.4, -0.2) is 28.0 Å². The summed E-state index contributed by atoms with van der Waals surface area (Å²) in [4.78, 5) is 29.4. The summed E-state index contributed by atoms with van der Waals surface area (Å²) >= 11 is 1.89. The second-order valence-electron chi connectivity index (χ2n) is 3.92. The molecule has 94 valence electrons. The maximum Gasteiger partial charge on any atom is 0.266 e. The van der Waals surface area contributed by atoms with Gasteiger partial charge in [-0.05, 0) is 43.4 Å². The number of anilines is 1. The number of hydrogen-bond acceptors (Lipinski definition) is 4. The number of nitrogens with one attached hydrogen (secondary N) is 3. The van der Waals surface area contributed by atoms with Gasteiger partial charge in [0, 0.05) is 6.04 Å². The van der Waals surface area contributed by atoms with E-state index in [-0.39, 0.29) is 17.5 Å². The quantitative estimate of drug-likeness (QED) is 0.698. The van der Waals surface area contributed by atoms with E-state index in [1.165, 1.54) is 6.33 Å². The first kappa shape index (κ1) is 13.9. The number of hydrogen-bond donors (Lipinski definition) is 3. The van der Waals surface area contributed by atoms with E-state index in [0.717, 1.165) is 0 Å². The van der Waals surface area contributed by atoms with E-state index in [2.05, 4.69) is 20.6 Å². The van der Waals surface area contributed by atoms with Crippen molar-refractivity contribution in [1.82, 2.24) is 15.3 Å². The Morgan fingerprint density at radius 3 is 2.71 bits per heavy atom. The maximum absolute atomic E-state index is 11.7. The van der Waals surface area contributed by atoms with Gasteiger partial charge in [0.05, 0.1) is 6.33 Å². The van der Waals surface area contributed by atoms with E-state index in [4.69, 9.17) is 0 Å². The summed E-state index contributed by atoms with van der Waals surface area (Å²) in [6.07, 6.45) is 1.31. The third kappa shape index (κ3) is 3.99. The first-order valence-electron chi connectivity index (χ1n) is 5.22. The van der Waals surface area contributed by atoms with Gasteiger partial charge in [-0.15, -0.1) is 0 Å². The van der Waals surface area contributed by atoms with E-state index in [9.17, 15) is 9.59 Å². The van der Waals surface area contributed by atoms with Crippen molar-refractivity contribution in [2.75, 3.05) is 5.32 Å². The van der Waals surface area contributed by atoms with Crippen molar-refractivity contribution in [3.63, 3.8) is 0 Å². The Bertz CT molecular complexity index is 458. The molecule has 7 heteroatoms. The van der Waals surface area contributed by atoms with Crippen LogP contribution in [0.4, 0.5) is 5.82 Å². The molecule has 1 unspecified atom stereocenters. The predicted octanol–water partition coefficient (Wildman–Crippen LogP) is 0.699. The number of aromatic nitrogens is 2. The predicted molar refractivity (Wildman–Crippen MR) is 73.9 cm³/mol. The lowest BCUT2D eigenvalue weighted by Crippen LogP contribution is -2.41. The van der Waals surface area contributed by atoms with Gasteiger partial charge in [-0.1, -0.05) is 0 Å². The Morgan fingerprint density at radius 1 is 1.47 bits per heavy atom. The van der Waals surface area contributed by atoms with Gasteiger partial charge in [0.15, 0.2) is 0 Å². The van der Waals surface area contributed by atoms with Gasteiger partial charge in [-0.3, -0.25) is 9.59 Å². The summed E-state index contributed by atoms with van der Waals surface area (Å²) in [5, 5.41) is 5.68. The van der Waals surface area contributed by atoms with Gasteiger partial charge in [0.1, 0.15) is 15.4 Å². The van der Waals surface area contributed by atoms with Crippen LogP contribution in [-0.2, 0) is 4.79 Å². The van der Waals surface area contributed by atoms with Gasteiger partial charge in [0.25, 0.3) is 5.56 Å². The molecule has 0 aromatic carbocycles. The second kappa shape index (κ2) is 5.99. The molecule has 3 N–H and O–H groups in total. The monoisotopic (exact) mass is 350 g/mol. The molecule has 1 atom stereocenters. The van der Waals surface area contributed by atoms with Crippen molar-refractivity contribution in [2.45, 2.75) is 32.9 Å². The van der Waals surface area contributed by atoms with E-state index in [1.54, 1.807) is 6.92 Å². The third-order valence-electron chi connectivity index (χ3n) is 1.97. The number of halogens is 1. The highest BCUT2D eigenvalue weighted by Crippen LogP contribution is 2.10. The lowest BCUT2D eigenvalue weighted by Gasteiger charge is -2.16. The van der Waals surface area contributed by atoms with Crippen molar-refractivity contribution in [3.8, 4) is 0 Å². The summed E-state index contributed by atoms with van der Waals surface area (Å²) in [5.74, 6) is 0.290. The molecule has 0 spiro atoms. The molecular weight excluding hydrogens is 335 g/mol. The molecule has 0 aliphatic carbocycles. The lowest BCUT2D eigenvalue weighted by molar-refractivity contribution is -0.122. The number of rotatable bonds is 4. The first-order chi connectivity index (χ1) is 7.91. The van der Waals surface area contributed by atoms with Gasteiger partial charge >= 0.3 is 0 Å². The maximum atomic E-state index is 11.7. The zero-order valence-electron chi connectivity index (χ0n) is 9.87. The van der Waals surface area contributed by atoms with Crippen LogP contribution < -0.4 is 16.2 Å². The van der Waals surface area contributed by atoms with Crippen LogP contribution in [0.3, 0.4) is 0 Å². The normalized spacial score (nSPS) is 12.3. The van der Waals surface area contributed by atoms with Crippen LogP contribution in [0.1, 0.15) is 20.8 Å². The SMILES string of the molecule is CC(C)NC(=O)C(C)Nc1nc[nH]c(=O)c1I. The van der Waals surface area contributed by atoms with Crippen molar-refractivity contribution in [2.24, 2.45) is 0 Å². The van der Waals surface area contributed by atoms with Crippen LogP contribution in [0.2, 0.25) is 0 Å². The van der Waals surface area contributed by atoms with E-state index in [1.807, 2.05) is 36.4 Å². The summed E-state index contributed by atoms with van der Waals surface area (Å²) < 4.78 is 0.439. The lowest BCUT2D eigenvalue weighted by atomic mass is 10.3. The molecule has 17 heavy (non-hydrogen) atoms. The standard InChI is InChI=1S/C10H15IN4O2/c1-5(2)14-9(16)6(3)15-8-7(11)10(17)13-4-12-8/h4-6H,1-3H3,(H,14,16)(H2,12,13,15,17). The Balaban J connectivity index is 2.74. The van der Waals surface area contributed by atoms with Gasteiger partial charge < -0.3 is 15.6 Å². The molecule has 0 radical (unpaired) electrons. The van der Waals surface area contributed by atoms with E-state index < -0.39 is 6.04 Å². The molecule has 1 amide bonds. The minimum atomic E-state index is -0.444. The Labute approximate surface area is 113 Å². The van der Waals surface area contributed by atoms with Crippen LogP contribution in [0.15, 0.2) is 11.1 Å². The van der Waals surface area contributed by atoms with Gasteiger partial charge in [-0.2, -0.15) is 0 Å². The first-order valence-corrected chi connectivity index (χ1v) is 6.29. The summed E-state index contributed by atoms with van der Waals surface area (Å²) in [6, 6.07) is -0.363. The highest BCUT2D eigenvalue weighted by Gasteiger charge is 2.15. The van der Waals surface area contributed by atoms with E-state index >= 15 is 0 Å². The fourth-order valence-electron chi connectivity index (χ4n) is 1.16. The average molecular weight is 350 g/mol. The fourth-order valence-corrected chi connectivity index (χ4v) is 1.61. The fraction of sp³-hybridized carbons (Fsp3) is 0.500. The van der Waals surface area contributed by atoms with Crippen LogP contribution in [0, 0.1) is 3.57 Å². The molecule has 0 saturated carbocycles. The topological polar surface area (TPSA) is 86.9 Å². The molecule has 0 bridgehead atoms. The van der Waals surface area contributed by atoms with Crippen molar-refractivity contribution >= 4 is 34.3 Å². The zero-order valence-corrected chi connectivity index (χ0v) is 12.0. The smallest absolute Gasteiger partial charge is 0.266 e. The molecule has 6 nitrogen and oxygen atoms in total. The molecular formula is C10H15IN4O2. The summed E-state index contributed by atoms with van der Waals surface area (Å²) in [5.41, 5.74) is -0.223. The molecule has 0 aliphatic heterocycles. The zero-order chi connectivity index (χ0) is 13.0. The Kier molecular flexibility index (Phi) is 4.91. The number of aromatic amines is 1. The van der Waals surface area contributed by atoms with Crippen molar-refractivity contribution < 1.29 is 4.79 Å². The molecule has 0 fully saturated rings. The molecule has 1 heterocycles. The van der Waals surface area contributed by atoms with Crippen LogP contribution in [0.25, 0.3) is 0 Å².